The summed E-state index contributed by atoms with van der Waals surface area (Å²) >= 11 is 5.72. The summed E-state index contributed by atoms with van der Waals surface area (Å²) in [6.45, 7) is 0. The van der Waals surface area contributed by atoms with Crippen molar-refractivity contribution >= 4 is 27.1 Å². The molecule has 7 nitrogen and oxygen atoms in total. The Hall–Kier alpha value is -1.67. The molecule has 0 aliphatic carbocycles. The zero-order chi connectivity index (χ0) is 12.6. The Bertz CT molecular complexity index is 666. The van der Waals surface area contributed by atoms with Gasteiger partial charge in [-0.3, -0.25) is 0 Å². The summed E-state index contributed by atoms with van der Waals surface area (Å²) in [6, 6.07) is 0. The number of anilines is 1. The zero-order valence-corrected chi connectivity index (χ0v) is 10.3. The number of hydrogen-bond donors (Lipinski definition) is 1. The maximum atomic E-state index is 11.3. The number of nitrogens with zero attached hydrogens (tertiary/aromatic N) is 4. The van der Waals surface area contributed by atoms with Crippen LogP contribution < -0.4 is 5.73 Å². The van der Waals surface area contributed by atoms with Gasteiger partial charge >= 0.3 is 0 Å². The normalized spacial score (nSPS) is 11.6. The Morgan fingerprint density at radius 3 is 2.71 bits per heavy atom. The number of halogens is 1. The molecule has 9 heteroatoms. The van der Waals surface area contributed by atoms with Crippen LogP contribution in [0.3, 0.4) is 0 Å². The molecule has 90 valence electrons. The average molecular weight is 274 g/mol. The van der Waals surface area contributed by atoms with Crippen LogP contribution in [0.4, 0.5) is 5.69 Å². The molecule has 0 atom stereocenters. The number of aromatic nitrogens is 4. The van der Waals surface area contributed by atoms with E-state index in [1.54, 1.807) is 0 Å². The van der Waals surface area contributed by atoms with Gasteiger partial charge in [0.05, 0.1) is 12.4 Å². The lowest BCUT2D eigenvalue weighted by Gasteiger charge is -2.03. The highest BCUT2D eigenvalue weighted by Gasteiger charge is 2.14. The molecule has 0 saturated heterocycles. The zero-order valence-electron chi connectivity index (χ0n) is 8.70. The maximum absolute atomic E-state index is 11.3. The van der Waals surface area contributed by atoms with Crippen molar-refractivity contribution in [2.45, 2.75) is 4.90 Å². The number of nitrogens with two attached hydrogens (primary N) is 1. The van der Waals surface area contributed by atoms with Crippen molar-refractivity contribution in [3.63, 3.8) is 0 Å². The third-order valence-electron chi connectivity index (χ3n) is 2.02. The van der Waals surface area contributed by atoms with Crippen LogP contribution in [0, 0.1) is 0 Å². The van der Waals surface area contributed by atoms with Crippen LogP contribution in [0.25, 0.3) is 5.82 Å². The third-order valence-corrected chi connectivity index (χ3v) is 3.39. The van der Waals surface area contributed by atoms with Gasteiger partial charge in [-0.25, -0.2) is 23.1 Å². The Morgan fingerprint density at radius 1 is 1.41 bits per heavy atom. The van der Waals surface area contributed by atoms with E-state index in [4.69, 9.17) is 17.3 Å². The van der Waals surface area contributed by atoms with Gasteiger partial charge in [-0.15, -0.1) is 0 Å². The summed E-state index contributed by atoms with van der Waals surface area (Å²) in [5.41, 5.74) is 5.80. The molecule has 2 aromatic heterocycles. The van der Waals surface area contributed by atoms with Crippen LogP contribution in [0.15, 0.2) is 23.6 Å². The van der Waals surface area contributed by atoms with Gasteiger partial charge in [0, 0.05) is 6.26 Å². The summed E-state index contributed by atoms with van der Waals surface area (Å²) in [6.07, 6.45) is 4.83. The van der Waals surface area contributed by atoms with E-state index in [-0.39, 0.29) is 21.6 Å². The van der Waals surface area contributed by atoms with E-state index in [1.807, 2.05) is 0 Å². The first-order valence-electron chi connectivity index (χ1n) is 4.40. The van der Waals surface area contributed by atoms with Crippen LogP contribution in [0.1, 0.15) is 0 Å². The number of sulfone groups is 1. The molecular weight excluding hydrogens is 266 g/mol. The van der Waals surface area contributed by atoms with Crippen molar-refractivity contribution in [1.29, 1.82) is 0 Å². The molecule has 0 spiro atoms. The van der Waals surface area contributed by atoms with Crippen molar-refractivity contribution in [3.8, 4) is 5.82 Å². The van der Waals surface area contributed by atoms with E-state index in [2.05, 4.69) is 15.1 Å². The molecule has 0 fully saturated rings. The number of hydrogen-bond acceptors (Lipinski definition) is 6. The third kappa shape index (κ3) is 2.22. The minimum atomic E-state index is -3.31. The average Bonchev–Trinajstić information content (AvgIpc) is 2.70. The van der Waals surface area contributed by atoms with Gasteiger partial charge in [0.2, 0.25) is 0 Å². The predicted octanol–water partition coefficient (Wildman–Crippen LogP) is 0.301. The van der Waals surface area contributed by atoms with E-state index >= 15 is 0 Å². The SMILES string of the molecule is CS(=O)(=O)c1cnn(-c2ncnc(Cl)c2N)c1. The van der Waals surface area contributed by atoms with Crippen molar-refractivity contribution in [2.75, 3.05) is 12.0 Å². The molecule has 2 rings (SSSR count). The number of rotatable bonds is 2. The fraction of sp³-hybridized carbons (Fsp3) is 0.125. The molecule has 0 radical (unpaired) electrons. The van der Waals surface area contributed by atoms with Gasteiger partial charge in [0.15, 0.2) is 20.8 Å². The Balaban J connectivity index is 2.55. The Morgan fingerprint density at radius 2 is 2.12 bits per heavy atom. The molecular formula is C8H8ClN5O2S. The lowest BCUT2D eigenvalue weighted by atomic mass is 10.5. The highest BCUT2D eigenvalue weighted by atomic mass is 35.5. The van der Waals surface area contributed by atoms with Crippen molar-refractivity contribution in [1.82, 2.24) is 19.7 Å². The molecule has 0 aliphatic rings. The summed E-state index contributed by atoms with van der Waals surface area (Å²) in [4.78, 5) is 7.66. The van der Waals surface area contributed by atoms with Crippen molar-refractivity contribution in [3.05, 3.63) is 23.9 Å². The molecule has 0 aromatic carbocycles. The van der Waals surface area contributed by atoms with E-state index < -0.39 is 9.84 Å². The molecule has 17 heavy (non-hydrogen) atoms. The van der Waals surface area contributed by atoms with Crippen LogP contribution in [0.2, 0.25) is 5.15 Å². The second kappa shape index (κ2) is 3.97. The van der Waals surface area contributed by atoms with Crippen LogP contribution >= 0.6 is 11.6 Å². The second-order valence-corrected chi connectivity index (χ2v) is 5.67. The standard InChI is InChI=1S/C8H8ClN5O2S/c1-17(15,16)5-2-13-14(3-5)8-6(10)7(9)11-4-12-8/h2-4H,10H2,1H3. The minimum Gasteiger partial charge on any atom is -0.393 e. The summed E-state index contributed by atoms with van der Waals surface area (Å²) in [7, 11) is -3.31. The van der Waals surface area contributed by atoms with Crippen LogP contribution in [-0.2, 0) is 9.84 Å². The summed E-state index contributed by atoms with van der Waals surface area (Å²) < 4.78 is 23.8. The first-order chi connectivity index (χ1) is 7.89. The molecule has 2 heterocycles. The summed E-state index contributed by atoms with van der Waals surface area (Å²) in [5, 5.41) is 3.95. The molecule has 2 N–H and O–H groups in total. The van der Waals surface area contributed by atoms with Crippen LogP contribution in [0.5, 0.6) is 0 Å². The second-order valence-electron chi connectivity index (χ2n) is 3.29. The van der Waals surface area contributed by atoms with Gasteiger partial charge in [-0.05, 0) is 0 Å². The first-order valence-corrected chi connectivity index (χ1v) is 6.67. The fourth-order valence-corrected chi connectivity index (χ4v) is 1.82. The smallest absolute Gasteiger partial charge is 0.181 e. The van der Waals surface area contributed by atoms with Crippen molar-refractivity contribution < 1.29 is 8.42 Å². The highest BCUT2D eigenvalue weighted by Crippen LogP contribution is 2.21. The predicted molar refractivity (Wildman–Crippen MR) is 61.7 cm³/mol. The molecule has 0 unspecified atom stereocenters. The van der Waals surface area contributed by atoms with E-state index in [0.29, 0.717) is 0 Å². The van der Waals surface area contributed by atoms with Gasteiger partial charge in [0.25, 0.3) is 0 Å². The molecule has 0 bridgehead atoms. The number of nitrogen functional groups attached to an aromatic ring is 1. The van der Waals surface area contributed by atoms with E-state index in [0.717, 1.165) is 6.26 Å². The van der Waals surface area contributed by atoms with E-state index in [9.17, 15) is 8.42 Å². The maximum Gasteiger partial charge on any atom is 0.181 e. The van der Waals surface area contributed by atoms with Gasteiger partial charge in [0.1, 0.15) is 16.9 Å². The van der Waals surface area contributed by atoms with Gasteiger partial charge < -0.3 is 5.73 Å². The highest BCUT2D eigenvalue weighted by molar-refractivity contribution is 7.90. The lowest BCUT2D eigenvalue weighted by molar-refractivity contribution is 0.602. The minimum absolute atomic E-state index is 0.0756. The lowest BCUT2D eigenvalue weighted by Crippen LogP contribution is -2.04. The van der Waals surface area contributed by atoms with E-state index in [1.165, 1.54) is 23.4 Å². The van der Waals surface area contributed by atoms with Gasteiger partial charge in [-0.2, -0.15) is 5.10 Å². The van der Waals surface area contributed by atoms with Crippen molar-refractivity contribution in [2.24, 2.45) is 0 Å². The topological polar surface area (TPSA) is 104 Å². The molecule has 0 aliphatic heterocycles. The first kappa shape index (κ1) is 11.8. The summed E-state index contributed by atoms with van der Waals surface area (Å²) in [5.74, 6) is 0.236. The largest absolute Gasteiger partial charge is 0.393 e. The Kier molecular flexibility index (Phi) is 2.76. The molecule has 0 saturated carbocycles. The van der Waals surface area contributed by atoms with Crippen LogP contribution in [-0.4, -0.2) is 34.4 Å². The molecule has 2 aromatic rings. The van der Waals surface area contributed by atoms with Gasteiger partial charge in [-0.1, -0.05) is 11.6 Å². The monoisotopic (exact) mass is 273 g/mol. The Labute approximate surface area is 102 Å². The quantitative estimate of drug-likeness (QED) is 0.789. The fourth-order valence-electron chi connectivity index (χ4n) is 1.16. The molecule has 0 amide bonds.